The molecule has 2 bridgehead atoms. The number of rotatable bonds is 2. The third-order valence-corrected chi connectivity index (χ3v) is 5.43. The summed E-state index contributed by atoms with van der Waals surface area (Å²) in [6.45, 7) is 6.41. The third kappa shape index (κ3) is 2.36. The highest BCUT2D eigenvalue weighted by atomic mass is 35.5. The van der Waals surface area contributed by atoms with E-state index < -0.39 is 11.4 Å². The molecular weight excluding hydrogens is 343 g/mol. The lowest BCUT2D eigenvalue weighted by Crippen LogP contribution is -2.40. The SMILES string of the molecule is C=C1OC2(c3ccc(Cl)cc3)C[C@H](C)CC1(c1ccc(Cl)cc1)O2. The van der Waals surface area contributed by atoms with E-state index in [1.54, 1.807) is 0 Å². The Balaban J connectivity index is 1.81. The van der Waals surface area contributed by atoms with E-state index in [4.69, 9.17) is 32.7 Å². The molecule has 0 aliphatic carbocycles. The zero-order valence-corrected chi connectivity index (χ0v) is 14.9. The van der Waals surface area contributed by atoms with Gasteiger partial charge in [0.2, 0.25) is 5.79 Å². The Hall–Kier alpha value is -1.48. The van der Waals surface area contributed by atoms with E-state index in [1.807, 2.05) is 48.5 Å². The number of hydrogen-bond acceptors (Lipinski definition) is 2. The van der Waals surface area contributed by atoms with Crippen molar-refractivity contribution in [2.75, 3.05) is 0 Å². The Morgan fingerprint density at radius 3 is 2.04 bits per heavy atom. The second-order valence-electron chi connectivity index (χ2n) is 6.73. The molecule has 2 fully saturated rings. The minimum atomic E-state index is -0.807. The first-order valence-electron chi connectivity index (χ1n) is 8.04. The minimum Gasteiger partial charge on any atom is -0.459 e. The van der Waals surface area contributed by atoms with Gasteiger partial charge in [-0.3, -0.25) is 0 Å². The van der Waals surface area contributed by atoms with E-state index in [1.165, 1.54) is 0 Å². The summed E-state index contributed by atoms with van der Waals surface area (Å²) in [6, 6.07) is 15.4. The second-order valence-corrected chi connectivity index (χ2v) is 7.61. The van der Waals surface area contributed by atoms with E-state index in [2.05, 4.69) is 13.5 Å². The van der Waals surface area contributed by atoms with Crippen LogP contribution >= 0.6 is 23.2 Å². The Kier molecular flexibility index (Phi) is 3.68. The van der Waals surface area contributed by atoms with Gasteiger partial charge in [-0.2, -0.15) is 0 Å². The molecule has 2 heterocycles. The van der Waals surface area contributed by atoms with Gasteiger partial charge in [-0.1, -0.05) is 61.0 Å². The molecule has 2 aromatic rings. The molecule has 2 aromatic carbocycles. The molecule has 24 heavy (non-hydrogen) atoms. The lowest BCUT2D eigenvalue weighted by molar-refractivity contribution is -0.234. The Bertz CT molecular complexity index is 784. The Morgan fingerprint density at radius 1 is 0.917 bits per heavy atom. The Labute approximate surface area is 152 Å². The number of ether oxygens (including phenoxy) is 2. The van der Waals surface area contributed by atoms with Gasteiger partial charge in [0.25, 0.3) is 0 Å². The number of fused-ring (bicyclic) bond motifs is 2. The van der Waals surface area contributed by atoms with E-state index in [0.717, 1.165) is 24.0 Å². The van der Waals surface area contributed by atoms with Crippen LogP contribution in [0.3, 0.4) is 0 Å². The van der Waals surface area contributed by atoms with Crippen molar-refractivity contribution < 1.29 is 9.47 Å². The Morgan fingerprint density at radius 2 is 1.46 bits per heavy atom. The molecule has 4 heteroatoms. The zero-order chi connectivity index (χ0) is 16.9. The first kappa shape index (κ1) is 16.0. The topological polar surface area (TPSA) is 18.5 Å². The van der Waals surface area contributed by atoms with E-state index in [9.17, 15) is 0 Å². The van der Waals surface area contributed by atoms with Crippen molar-refractivity contribution in [1.29, 1.82) is 0 Å². The van der Waals surface area contributed by atoms with Crippen LogP contribution < -0.4 is 0 Å². The van der Waals surface area contributed by atoms with E-state index in [-0.39, 0.29) is 0 Å². The van der Waals surface area contributed by atoms with Gasteiger partial charge in [-0.05, 0) is 42.2 Å². The molecule has 2 unspecified atom stereocenters. The van der Waals surface area contributed by atoms with Crippen molar-refractivity contribution in [3.05, 3.63) is 82.0 Å². The fraction of sp³-hybridized carbons (Fsp3) is 0.300. The van der Waals surface area contributed by atoms with E-state index >= 15 is 0 Å². The molecular formula is C20H18Cl2O2. The maximum absolute atomic E-state index is 6.60. The molecule has 0 amide bonds. The molecule has 2 aliphatic heterocycles. The van der Waals surface area contributed by atoms with Crippen LogP contribution in [0.5, 0.6) is 0 Å². The van der Waals surface area contributed by atoms with Gasteiger partial charge in [-0.25, -0.2) is 0 Å². The first-order chi connectivity index (χ1) is 11.4. The van der Waals surface area contributed by atoms with Crippen LogP contribution in [0, 0.1) is 5.92 Å². The summed E-state index contributed by atoms with van der Waals surface area (Å²) < 4.78 is 12.9. The summed E-state index contributed by atoms with van der Waals surface area (Å²) in [6.07, 6.45) is 1.62. The maximum atomic E-state index is 6.60. The van der Waals surface area contributed by atoms with Crippen LogP contribution in [0.1, 0.15) is 30.9 Å². The number of benzene rings is 2. The zero-order valence-electron chi connectivity index (χ0n) is 13.4. The van der Waals surface area contributed by atoms with Gasteiger partial charge in [0, 0.05) is 22.0 Å². The van der Waals surface area contributed by atoms with Crippen LogP contribution in [0.4, 0.5) is 0 Å². The van der Waals surface area contributed by atoms with Crippen LogP contribution in [0.25, 0.3) is 0 Å². The molecule has 0 radical (unpaired) electrons. The van der Waals surface area contributed by atoms with Crippen molar-refractivity contribution in [3.63, 3.8) is 0 Å². The summed E-state index contributed by atoms with van der Waals surface area (Å²) in [5.41, 5.74) is 1.36. The smallest absolute Gasteiger partial charge is 0.238 e. The lowest BCUT2D eigenvalue weighted by Gasteiger charge is -2.40. The highest BCUT2D eigenvalue weighted by molar-refractivity contribution is 6.30. The summed E-state index contributed by atoms with van der Waals surface area (Å²) in [5.74, 6) is 0.271. The molecule has 3 atom stereocenters. The van der Waals surface area contributed by atoms with Gasteiger partial charge < -0.3 is 9.47 Å². The average molecular weight is 361 g/mol. The maximum Gasteiger partial charge on any atom is 0.238 e. The predicted molar refractivity (Wildman–Crippen MR) is 96.0 cm³/mol. The fourth-order valence-electron chi connectivity index (χ4n) is 3.90. The van der Waals surface area contributed by atoms with Crippen molar-refractivity contribution >= 4 is 23.2 Å². The normalized spacial score (nSPS) is 31.8. The van der Waals surface area contributed by atoms with Crippen molar-refractivity contribution in [1.82, 2.24) is 0 Å². The van der Waals surface area contributed by atoms with Crippen LogP contribution in [-0.2, 0) is 20.9 Å². The van der Waals surface area contributed by atoms with Gasteiger partial charge >= 0.3 is 0 Å². The summed E-state index contributed by atoms with van der Waals surface area (Å²) in [4.78, 5) is 0. The van der Waals surface area contributed by atoms with Crippen LogP contribution in [0.2, 0.25) is 10.0 Å². The predicted octanol–water partition coefficient (Wildman–Crippen LogP) is 6.03. The monoisotopic (exact) mass is 360 g/mol. The third-order valence-electron chi connectivity index (χ3n) is 4.93. The fourth-order valence-corrected chi connectivity index (χ4v) is 4.15. The molecule has 2 saturated heterocycles. The molecule has 0 aromatic heterocycles. The molecule has 4 rings (SSSR count). The highest BCUT2D eigenvalue weighted by Crippen LogP contribution is 2.59. The number of hydrogen-bond donors (Lipinski definition) is 0. The minimum absolute atomic E-state index is 0.421. The largest absolute Gasteiger partial charge is 0.459 e. The molecule has 0 spiro atoms. The van der Waals surface area contributed by atoms with E-state index in [0.29, 0.717) is 21.7 Å². The van der Waals surface area contributed by atoms with Crippen LogP contribution in [0.15, 0.2) is 60.9 Å². The number of halogens is 2. The van der Waals surface area contributed by atoms with Crippen LogP contribution in [-0.4, -0.2) is 0 Å². The first-order valence-corrected chi connectivity index (χ1v) is 8.80. The summed E-state index contributed by atoms with van der Waals surface area (Å²) in [7, 11) is 0. The molecule has 0 N–H and O–H groups in total. The van der Waals surface area contributed by atoms with Gasteiger partial charge in [-0.15, -0.1) is 0 Å². The van der Waals surface area contributed by atoms with Gasteiger partial charge in [0.05, 0.1) is 0 Å². The molecule has 2 aliphatic rings. The highest BCUT2D eigenvalue weighted by Gasteiger charge is 2.60. The van der Waals surface area contributed by atoms with Crippen molar-refractivity contribution in [2.24, 2.45) is 5.92 Å². The standard InChI is InChI=1S/C20H18Cl2O2/c1-13-11-19(15-3-7-17(21)8-4-15)14(2)23-20(12-13,24-19)16-5-9-18(22)10-6-16/h3-10,13H,2,11-12H2,1H3/t13-,19?,20?/m1/s1. The molecule has 0 saturated carbocycles. The molecule has 2 nitrogen and oxygen atoms in total. The van der Waals surface area contributed by atoms with Crippen molar-refractivity contribution in [3.8, 4) is 0 Å². The quantitative estimate of drug-likeness (QED) is 0.650. The summed E-state index contributed by atoms with van der Waals surface area (Å²) >= 11 is 12.1. The average Bonchev–Trinajstić information content (AvgIpc) is 2.76. The molecule has 124 valence electrons. The van der Waals surface area contributed by atoms with Crippen molar-refractivity contribution in [2.45, 2.75) is 31.2 Å². The lowest BCUT2D eigenvalue weighted by atomic mass is 9.79. The summed E-state index contributed by atoms with van der Waals surface area (Å²) in [5, 5.41) is 1.40. The second kappa shape index (κ2) is 5.52. The van der Waals surface area contributed by atoms with Gasteiger partial charge in [0.15, 0.2) is 5.60 Å². The van der Waals surface area contributed by atoms with Gasteiger partial charge in [0.1, 0.15) is 5.76 Å².